The highest BCUT2D eigenvalue weighted by Crippen LogP contribution is 2.28. The van der Waals surface area contributed by atoms with Crippen molar-refractivity contribution in [3.05, 3.63) is 0 Å². The van der Waals surface area contributed by atoms with Gasteiger partial charge in [-0.2, -0.15) is 0 Å². The summed E-state index contributed by atoms with van der Waals surface area (Å²) in [5.74, 6) is -0.123. The molecule has 3 nitrogen and oxygen atoms in total. The molecule has 2 aliphatic rings. The van der Waals surface area contributed by atoms with Crippen molar-refractivity contribution >= 4 is 18.4 Å². The molecule has 0 aliphatic carbocycles. The molecule has 0 radical (unpaired) electrons. The van der Waals surface area contributed by atoms with Crippen molar-refractivity contribution in [2.24, 2.45) is 0 Å². The molecule has 4 heteroatoms. The fourth-order valence-corrected chi connectivity index (χ4v) is 2.75. The highest BCUT2D eigenvalue weighted by atomic mass is 35.5. The number of nitrogens with zero attached hydrogens (tertiary/aromatic N) is 1. The highest BCUT2D eigenvalue weighted by Gasteiger charge is 2.34. The molecular weight excluding hydrogens is 214 g/mol. The lowest BCUT2D eigenvalue weighted by Crippen LogP contribution is -2.51. The van der Waals surface area contributed by atoms with Crippen LogP contribution in [0.25, 0.3) is 0 Å². The van der Waals surface area contributed by atoms with Gasteiger partial charge >= 0.3 is 5.97 Å². The largest absolute Gasteiger partial charge is 0.461 e. The van der Waals surface area contributed by atoms with Gasteiger partial charge < -0.3 is 4.74 Å². The lowest BCUT2D eigenvalue weighted by molar-refractivity contribution is -0.153. The van der Waals surface area contributed by atoms with Crippen LogP contribution in [0.15, 0.2) is 0 Å². The Morgan fingerprint density at radius 2 is 1.93 bits per heavy atom. The van der Waals surface area contributed by atoms with Crippen LogP contribution in [-0.2, 0) is 9.53 Å². The van der Waals surface area contributed by atoms with Gasteiger partial charge in [-0.05, 0) is 38.8 Å². The molecule has 0 N–H and O–H groups in total. The van der Waals surface area contributed by atoms with Crippen LogP contribution in [0.3, 0.4) is 0 Å². The van der Waals surface area contributed by atoms with E-state index in [1.807, 2.05) is 0 Å². The van der Waals surface area contributed by atoms with Gasteiger partial charge in [0.15, 0.2) is 0 Å². The summed E-state index contributed by atoms with van der Waals surface area (Å²) in [6.45, 7) is 3.91. The zero-order valence-electron chi connectivity index (χ0n) is 9.28. The minimum atomic E-state index is -0.123. The van der Waals surface area contributed by atoms with Crippen molar-refractivity contribution in [2.75, 3.05) is 13.1 Å². The molecule has 0 amide bonds. The topological polar surface area (TPSA) is 29.5 Å². The van der Waals surface area contributed by atoms with Crippen molar-refractivity contribution in [1.82, 2.24) is 4.90 Å². The molecule has 0 bridgehead atoms. The Kier molecular flexibility index (Phi) is 4.87. The summed E-state index contributed by atoms with van der Waals surface area (Å²) in [4.78, 5) is 13.4. The number of ether oxygens (including phenoxy) is 1. The molecule has 88 valence electrons. The minimum absolute atomic E-state index is 0. The van der Waals surface area contributed by atoms with E-state index in [2.05, 4.69) is 4.90 Å². The molecular formula is C11H20ClNO2. The maximum absolute atomic E-state index is 10.9. The molecule has 0 saturated carbocycles. The maximum Gasteiger partial charge on any atom is 0.302 e. The monoisotopic (exact) mass is 233 g/mol. The summed E-state index contributed by atoms with van der Waals surface area (Å²) in [6, 6.07) is 0.515. The zero-order chi connectivity index (χ0) is 9.97. The van der Waals surface area contributed by atoms with Crippen LogP contribution in [0.1, 0.15) is 39.0 Å². The van der Waals surface area contributed by atoms with Crippen LogP contribution < -0.4 is 0 Å². The van der Waals surface area contributed by atoms with Crippen LogP contribution in [0, 0.1) is 0 Å². The Balaban J connectivity index is 0.00000112. The Morgan fingerprint density at radius 3 is 2.67 bits per heavy atom. The molecule has 2 fully saturated rings. The molecule has 0 aromatic heterocycles. The number of esters is 1. The van der Waals surface area contributed by atoms with Crippen LogP contribution in [-0.4, -0.2) is 36.1 Å². The Morgan fingerprint density at radius 1 is 1.20 bits per heavy atom. The van der Waals surface area contributed by atoms with Gasteiger partial charge in [0.2, 0.25) is 0 Å². The molecule has 2 aliphatic heterocycles. The third kappa shape index (κ3) is 3.08. The van der Waals surface area contributed by atoms with Crippen molar-refractivity contribution in [2.45, 2.75) is 51.2 Å². The van der Waals surface area contributed by atoms with E-state index in [-0.39, 0.29) is 24.5 Å². The van der Waals surface area contributed by atoms with E-state index < -0.39 is 0 Å². The summed E-state index contributed by atoms with van der Waals surface area (Å²) >= 11 is 0. The summed E-state index contributed by atoms with van der Waals surface area (Å²) in [6.07, 6.45) is 6.21. The van der Waals surface area contributed by atoms with E-state index in [0.717, 1.165) is 6.42 Å². The second-order valence-electron chi connectivity index (χ2n) is 4.39. The maximum atomic E-state index is 10.9. The van der Waals surface area contributed by atoms with Crippen molar-refractivity contribution in [1.29, 1.82) is 0 Å². The highest BCUT2D eigenvalue weighted by molar-refractivity contribution is 5.85. The lowest BCUT2D eigenvalue weighted by atomic mass is 9.91. The second-order valence-corrected chi connectivity index (χ2v) is 4.39. The molecule has 2 heterocycles. The number of carbonyl (C=O) groups excluding carboxylic acids is 1. The first-order chi connectivity index (χ1) is 6.77. The first-order valence-corrected chi connectivity index (χ1v) is 5.68. The number of carbonyl (C=O) groups is 1. The molecule has 0 spiro atoms. The molecule has 2 rings (SSSR count). The van der Waals surface area contributed by atoms with E-state index in [0.29, 0.717) is 6.04 Å². The van der Waals surface area contributed by atoms with Crippen molar-refractivity contribution in [3.8, 4) is 0 Å². The van der Waals surface area contributed by atoms with Crippen LogP contribution in [0.4, 0.5) is 0 Å². The van der Waals surface area contributed by atoms with Crippen LogP contribution in [0.2, 0.25) is 0 Å². The first-order valence-electron chi connectivity index (χ1n) is 5.68. The SMILES string of the molecule is CC(=O)OC1CCCN2CCCCC12.Cl. The molecule has 0 aromatic carbocycles. The fourth-order valence-electron chi connectivity index (χ4n) is 2.75. The van der Waals surface area contributed by atoms with Crippen molar-refractivity contribution in [3.63, 3.8) is 0 Å². The number of fused-ring (bicyclic) bond motifs is 1. The molecule has 15 heavy (non-hydrogen) atoms. The average molecular weight is 234 g/mol. The van der Waals surface area contributed by atoms with E-state index in [9.17, 15) is 4.79 Å². The minimum Gasteiger partial charge on any atom is -0.461 e. The van der Waals surface area contributed by atoms with Gasteiger partial charge in [0.1, 0.15) is 6.10 Å². The predicted molar refractivity (Wildman–Crippen MR) is 61.2 cm³/mol. The molecule has 2 atom stereocenters. The molecule has 2 saturated heterocycles. The van der Waals surface area contributed by atoms with Gasteiger partial charge in [0, 0.05) is 13.0 Å². The predicted octanol–water partition coefficient (Wildman–Crippen LogP) is 1.99. The molecule has 2 unspecified atom stereocenters. The van der Waals surface area contributed by atoms with E-state index in [4.69, 9.17) is 4.74 Å². The van der Waals surface area contributed by atoms with Crippen molar-refractivity contribution < 1.29 is 9.53 Å². The quantitative estimate of drug-likeness (QED) is 0.649. The Labute approximate surface area is 97.6 Å². The van der Waals surface area contributed by atoms with Gasteiger partial charge in [-0.1, -0.05) is 6.42 Å². The van der Waals surface area contributed by atoms with Crippen LogP contribution in [0.5, 0.6) is 0 Å². The smallest absolute Gasteiger partial charge is 0.302 e. The summed E-state index contributed by atoms with van der Waals surface area (Å²) < 4.78 is 5.38. The third-order valence-corrected chi connectivity index (χ3v) is 3.34. The third-order valence-electron chi connectivity index (χ3n) is 3.34. The average Bonchev–Trinajstić information content (AvgIpc) is 2.18. The van der Waals surface area contributed by atoms with Gasteiger partial charge in [0.05, 0.1) is 0 Å². The normalized spacial score (nSPS) is 31.3. The Hall–Kier alpha value is -0.280. The number of hydrogen-bond acceptors (Lipinski definition) is 3. The van der Waals surface area contributed by atoms with E-state index in [1.54, 1.807) is 0 Å². The van der Waals surface area contributed by atoms with Gasteiger partial charge in [-0.25, -0.2) is 0 Å². The number of halogens is 1. The standard InChI is InChI=1S/C11H19NO2.ClH/c1-9(13)14-11-6-4-8-12-7-3-2-5-10(11)12;/h10-11H,2-8H2,1H3;1H. The lowest BCUT2D eigenvalue weighted by Gasteiger charge is -2.43. The van der Waals surface area contributed by atoms with E-state index in [1.165, 1.54) is 45.7 Å². The van der Waals surface area contributed by atoms with Gasteiger partial charge in [0.25, 0.3) is 0 Å². The second kappa shape index (κ2) is 5.71. The molecule has 0 aromatic rings. The Bertz CT molecular complexity index is 221. The zero-order valence-corrected chi connectivity index (χ0v) is 10.1. The summed E-state index contributed by atoms with van der Waals surface area (Å²) in [5, 5.41) is 0. The first kappa shape index (κ1) is 12.8. The van der Waals surface area contributed by atoms with E-state index >= 15 is 0 Å². The number of hydrogen-bond donors (Lipinski definition) is 0. The van der Waals surface area contributed by atoms with Crippen LogP contribution >= 0.6 is 12.4 Å². The number of rotatable bonds is 1. The fraction of sp³-hybridized carbons (Fsp3) is 0.909. The summed E-state index contributed by atoms with van der Waals surface area (Å²) in [7, 11) is 0. The summed E-state index contributed by atoms with van der Waals surface area (Å²) in [5.41, 5.74) is 0. The van der Waals surface area contributed by atoms with Gasteiger partial charge in [-0.15, -0.1) is 12.4 Å². The van der Waals surface area contributed by atoms with Gasteiger partial charge in [-0.3, -0.25) is 9.69 Å². The number of piperidine rings is 2.